The van der Waals surface area contributed by atoms with Gasteiger partial charge in [0.25, 0.3) is 0 Å². The van der Waals surface area contributed by atoms with Crippen LogP contribution < -0.4 is 14.8 Å². The molecule has 0 aliphatic carbocycles. The van der Waals surface area contributed by atoms with E-state index in [0.717, 1.165) is 44.5 Å². The standard InChI is InChI=1S/C21H18ClNO2/c1-24-15-11-17-16-5-3-4-6-18(16)23-21(20(17)19(12-15)25-2)13-7-9-14(22)10-8-13/h3-12,21,23H,1-2H3/t21-/m0/s1. The molecular weight excluding hydrogens is 334 g/mol. The summed E-state index contributed by atoms with van der Waals surface area (Å²) in [7, 11) is 3.36. The van der Waals surface area contributed by atoms with Crippen LogP contribution in [0.5, 0.6) is 11.5 Å². The molecule has 1 atom stereocenters. The van der Waals surface area contributed by atoms with Gasteiger partial charge in [0.2, 0.25) is 0 Å². The van der Waals surface area contributed by atoms with Gasteiger partial charge in [-0.2, -0.15) is 0 Å². The van der Waals surface area contributed by atoms with Gasteiger partial charge in [0.05, 0.1) is 20.3 Å². The lowest BCUT2D eigenvalue weighted by atomic mass is 9.85. The number of rotatable bonds is 3. The average molecular weight is 352 g/mol. The van der Waals surface area contributed by atoms with E-state index in [-0.39, 0.29) is 6.04 Å². The van der Waals surface area contributed by atoms with Crippen LogP contribution in [0.15, 0.2) is 60.7 Å². The number of fused-ring (bicyclic) bond motifs is 3. The number of halogens is 1. The highest BCUT2D eigenvalue weighted by molar-refractivity contribution is 6.30. The lowest BCUT2D eigenvalue weighted by molar-refractivity contribution is 0.390. The van der Waals surface area contributed by atoms with Crippen LogP contribution in [0, 0.1) is 0 Å². The van der Waals surface area contributed by atoms with Crippen molar-refractivity contribution in [3.05, 3.63) is 76.8 Å². The molecule has 0 radical (unpaired) electrons. The van der Waals surface area contributed by atoms with E-state index in [0.29, 0.717) is 0 Å². The van der Waals surface area contributed by atoms with E-state index in [1.807, 2.05) is 42.5 Å². The highest BCUT2D eigenvalue weighted by Gasteiger charge is 2.29. The zero-order valence-electron chi connectivity index (χ0n) is 14.0. The maximum atomic E-state index is 6.07. The summed E-state index contributed by atoms with van der Waals surface area (Å²) in [5.41, 5.74) is 5.57. The monoisotopic (exact) mass is 351 g/mol. The Balaban J connectivity index is 1.98. The number of nitrogens with one attached hydrogen (secondary N) is 1. The van der Waals surface area contributed by atoms with Gasteiger partial charge in [-0.05, 0) is 35.4 Å². The highest BCUT2D eigenvalue weighted by Crippen LogP contribution is 2.48. The lowest BCUT2D eigenvalue weighted by Gasteiger charge is -2.32. The van der Waals surface area contributed by atoms with Gasteiger partial charge in [-0.3, -0.25) is 0 Å². The van der Waals surface area contributed by atoms with E-state index in [1.165, 1.54) is 0 Å². The second-order valence-electron chi connectivity index (χ2n) is 5.97. The summed E-state index contributed by atoms with van der Waals surface area (Å²) >= 11 is 6.07. The molecule has 1 aliphatic rings. The molecule has 0 unspecified atom stereocenters. The number of benzene rings is 3. The van der Waals surface area contributed by atoms with Gasteiger partial charge >= 0.3 is 0 Å². The van der Waals surface area contributed by atoms with Crippen molar-refractivity contribution < 1.29 is 9.47 Å². The minimum absolute atomic E-state index is 0.0250. The lowest BCUT2D eigenvalue weighted by Crippen LogP contribution is -2.19. The molecule has 3 aromatic rings. The Labute approximate surface area is 152 Å². The normalized spacial score (nSPS) is 14.9. The first-order valence-electron chi connectivity index (χ1n) is 8.08. The van der Waals surface area contributed by atoms with Crippen molar-refractivity contribution >= 4 is 17.3 Å². The SMILES string of the molecule is COc1cc(OC)c2c(c1)-c1ccccc1N[C@H]2c1ccc(Cl)cc1. The number of anilines is 1. The minimum atomic E-state index is -0.0250. The molecule has 0 saturated carbocycles. The highest BCUT2D eigenvalue weighted by atomic mass is 35.5. The molecule has 126 valence electrons. The molecule has 1 aliphatic heterocycles. The summed E-state index contributed by atoms with van der Waals surface area (Å²) in [6, 6.07) is 20.2. The number of ether oxygens (including phenoxy) is 2. The maximum Gasteiger partial charge on any atom is 0.128 e. The van der Waals surface area contributed by atoms with Crippen molar-refractivity contribution in [1.29, 1.82) is 0 Å². The molecule has 3 nitrogen and oxygen atoms in total. The topological polar surface area (TPSA) is 30.5 Å². The Morgan fingerprint density at radius 2 is 1.64 bits per heavy atom. The van der Waals surface area contributed by atoms with Gasteiger partial charge in [0.15, 0.2) is 0 Å². The number of hydrogen-bond acceptors (Lipinski definition) is 3. The third-order valence-corrected chi connectivity index (χ3v) is 4.83. The Morgan fingerprint density at radius 3 is 2.36 bits per heavy atom. The first kappa shape index (κ1) is 15.9. The molecule has 4 rings (SSSR count). The van der Waals surface area contributed by atoms with E-state index in [9.17, 15) is 0 Å². The fourth-order valence-electron chi connectivity index (χ4n) is 3.39. The molecule has 0 bridgehead atoms. The van der Waals surface area contributed by atoms with Crippen LogP contribution in [-0.4, -0.2) is 14.2 Å². The summed E-state index contributed by atoms with van der Waals surface area (Å²) in [5.74, 6) is 1.58. The second-order valence-corrected chi connectivity index (χ2v) is 6.40. The van der Waals surface area contributed by atoms with E-state index in [4.69, 9.17) is 21.1 Å². The minimum Gasteiger partial charge on any atom is -0.497 e. The van der Waals surface area contributed by atoms with Crippen LogP contribution in [0.1, 0.15) is 17.2 Å². The van der Waals surface area contributed by atoms with Crippen molar-refractivity contribution in [3.63, 3.8) is 0 Å². The maximum absolute atomic E-state index is 6.07. The molecule has 3 aromatic carbocycles. The van der Waals surface area contributed by atoms with Crippen molar-refractivity contribution in [2.45, 2.75) is 6.04 Å². The Hall–Kier alpha value is -2.65. The Morgan fingerprint density at radius 1 is 0.880 bits per heavy atom. The van der Waals surface area contributed by atoms with Gasteiger partial charge in [-0.25, -0.2) is 0 Å². The predicted octanol–water partition coefficient (Wildman–Crippen LogP) is 5.54. The van der Waals surface area contributed by atoms with Crippen molar-refractivity contribution in [3.8, 4) is 22.6 Å². The molecule has 0 spiro atoms. The smallest absolute Gasteiger partial charge is 0.128 e. The van der Waals surface area contributed by atoms with E-state index < -0.39 is 0 Å². The number of para-hydroxylation sites is 1. The van der Waals surface area contributed by atoms with Crippen LogP contribution >= 0.6 is 11.6 Å². The van der Waals surface area contributed by atoms with Crippen LogP contribution in [0.3, 0.4) is 0 Å². The van der Waals surface area contributed by atoms with Crippen LogP contribution in [-0.2, 0) is 0 Å². The largest absolute Gasteiger partial charge is 0.497 e. The van der Waals surface area contributed by atoms with E-state index >= 15 is 0 Å². The van der Waals surface area contributed by atoms with Crippen molar-refractivity contribution in [2.24, 2.45) is 0 Å². The Bertz CT molecular complexity index is 922. The fraction of sp³-hybridized carbons (Fsp3) is 0.143. The second kappa shape index (κ2) is 6.34. The molecule has 25 heavy (non-hydrogen) atoms. The van der Waals surface area contributed by atoms with Crippen LogP contribution in [0.25, 0.3) is 11.1 Å². The summed E-state index contributed by atoms with van der Waals surface area (Å²) in [6.07, 6.45) is 0. The van der Waals surface area contributed by atoms with E-state index in [2.05, 4.69) is 23.5 Å². The van der Waals surface area contributed by atoms with Crippen molar-refractivity contribution in [1.82, 2.24) is 0 Å². The third-order valence-electron chi connectivity index (χ3n) is 4.58. The predicted molar refractivity (Wildman–Crippen MR) is 102 cm³/mol. The van der Waals surface area contributed by atoms with Crippen molar-refractivity contribution in [2.75, 3.05) is 19.5 Å². The fourth-order valence-corrected chi connectivity index (χ4v) is 3.51. The van der Waals surface area contributed by atoms with Gasteiger partial charge in [-0.1, -0.05) is 41.9 Å². The first-order chi connectivity index (χ1) is 12.2. The quantitative estimate of drug-likeness (QED) is 0.672. The van der Waals surface area contributed by atoms with Crippen LogP contribution in [0.2, 0.25) is 5.02 Å². The average Bonchev–Trinajstić information content (AvgIpc) is 2.67. The summed E-state index contributed by atoms with van der Waals surface area (Å²) in [6.45, 7) is 0. The van der Waals surface area contributed by atoms with Gasteiger partial charge in [-0.15, -0.1) is 0 Å². The van der Waals surface area contributed by atoms with E-state index in [1.54, 1.807) is 14.2 Å². The molecular formula is C21H18ClNO2. The number of hydrogen-bond donors (Lipinski definition) is 1. The Kier molecular flexibility index (Phi) is 4.02. The van der Waals surface area contributed by atoms with Crippen LogP contribution in [0.4, 0.5) is 5.69 Å². The molecule has 1 heterocycles. The summed E-state index contributed by atoms with van der Waals surface area (Å²) < 4.78 is 11.2. The molecule has 0 amide bonds. The molecule has 0 aromatic heterocycles. The van der Waals surface area contributed by atoms with Gasteiger partial charge in [0, 0.05) is 27.9 Å². The molecule has 1 N–H and O–H groups in total. The van der Waals surface area contributed by atoms with Gasteiger partial charge in [0.1, 0.15) is 11.5 Å². The number of methoxy groups -OCH3 is 2. The van der Waals surface area contributed by atoms with Gasteiger partial charge < -0.3 is 14.8 Å². The summed E-state index contributed by atoms with van der Waals surface area (Å²) in [5, 5.41) is 4.36. The zero-order valence-corrected chi connectivity index (χ0v) is 14.8. The molecule has 4 heteroatoms. The molecule has 0 saturated heterocycles. The first-order valence-corrected chi connectivity index (χ1v) is 8.46. The molecule has 0 fully saturated rings. The zero-order chi connectivity index (χ0) is 17.4. The third kappa shape index (κ3) is 2.71. The summed E-state index contributed by atoms with van der Waals surface area (Å²) in [4.78, 5) is 0.